The summed E-state index contributed by atoms with van der Waals surface area (Å²) in [6, 6.07) is 5.98. The lowest BCUT2D eigenvalue weighted by molar-refractivity contribution is -0.120. The maximum Gasteiger partial charge on any atom is 0.496 e. The molecule has 4 nitrogen and oxygen atoms in total. The van der Waals surface area contributed by atoms with Crippen LogP contribution in [0.1, 0.15) is 53.0 Å². The number of hydrogen-bond acceptors (Lipinski definition) is 3. The molecule has 1 heterocycles. The Morgan fingerprint density at radius 2 is 1.65 bits per heavy atom. The fourth-order valence-corrected chi connectivity index (χ4v) is 2.65. The number of anilines is 1. The molecule has 0 bridgehead atoms. The standard InChI is InChI=1S/C18H26BNO3/c1-12-7-8-14(20-15(21)18(6)9-10-18)13(11-12)19-22-16(2,3)17(4,5)23-19/h7-8,11H,9-10H2,1-6H3,(H,20,21). The van der Waals surface area contributed by atoms with Crippen LogP contribution in [-0.4, -0.2) is 24.2 Å². The lowest BCUT2D eigenvalue weighted by Gasteiger charge is -2.32. The van der Waals surface area contributed by atoms with Crippen molar-refractivity contribution in [2.75, 3.05) is 5.32 Å². The highest BCUT2D eigenvalue weighted by atomic mass is 16.7. The Kier molecular flexibility index (Phi) is 3.65. The van der Waals surface area contributed by atoms with Gasteiger partial charge in [0.2, 0.25) is 5.91 Å². The summed E-state index contributed by atoms with van der Waals surface area (Å²) in [5, 5.41) is 3.07. The van der Waals surface area contributed by atoms with Crippen LogP contribution in [0.4, 0.5) is 5.69 Å². The minimum atomic E-state index is -0.470. The van der Waals surface area contributed by atoms with E-state index in [4.69, 9.17) is 9.31 Å². The second kappa shape index (κ2) is 5.08. The zero-order valence-corrected chi connectivity index (χ0v) is 14.9. The maximum atomic E-state index is 12.4. The van der Waals surface area contributed by atoms with Gasteiger partial charge in [-0.1, -0.05) is 24.6 Å². The first kappa shape index (κ1) is 16.5. The van der Waals surface area contributed by atoms with Gasteiger partial charge in [0.05, 0.1) is 11.2 Å². The van der Waals surface area contributed by atoms with Crippen LogP contribution >= 0.6 is 0 Å². The molecular weight excluding hydrogens is 289 g/mol. The first-order valence-corrected chi connectivity index (χ1v) is 8.32. The van der Waals surface area contributed by atoms with Crippen molar-refractivity contribution in [1.82, 2.24) is 0 Å². The van der Waals surface area contributed by atoms with Crippen molar-refractivity contribution in [2.45, 2.75) is 65.6 Å². The lowest BCUT2D eigenvalue weighted by atomic mass is 9.77. The van der Waals surface area contributed by atoms with Gasteiger partial charge in [0, 0.05) is 16.6 Å². The monoisotopic (exact) mass is 315 g/mol. The third-order valence-electron chi connectivity index (χ3n) is 5.51. The van der Waals surface area contributed by atoms with E-state index in [0.717, 1.165) is 29.6 Å². The van der Waals surface area contributed by atoms with Crippen LogP contribution in [0.25, 0.3) is 0 Å². The number of amides is 1. The molecule has 0 spiro atoms. The number of benzene rings is 1. The normalized spacial score (nSPS) is 23.7. The molecule has 23 heavy (non-hydrogen) atoms. The molecule has 0 aromatic heterocycles. The van der Waals surface area contributed by atoms with E-state index in [1.807, 2.05) is 59.7 Å². The predicted octanol–water partition coefficient (Wildman–Crippen LogP) is 3.03. The predicted molar refractivity (Wildman–Crippen MR) is 92.9 cm³/mol. The lowest BCUT2D eigenvalue weighted by Crippen LogP contribution is -2.41. The molecule has 1 N–H and O–H groups in total. The zero-order chi connectivity index (χ0) is 17.0. The highest BCUT2D eigenvalue weighted by Crippen LogP contribution is 2.45. The topological polar surface area (TPSA) is 47.6 Å². The van der Waals surface area contributed by atoms with E-state index in [0.29, 0.717) is 0 Å². The summed E-state index contributed by atoms with van der Waals surface area (Å²) >= 11 is 0. The van der Waals surface area contributed by atoms with Gasteiger partial charge in [-0.05, 0) is 53.5 Å². The highest BCUT2D eigenvalue weighted by Gasteiger charge is 2.52. The Balaban J connectivity index is 1.90. The Morgan fingerprint density at radius 3 is 2.17 bits per heavy atom. The van der Waals surface area contributed by atoms with Crippen molar-refractivity contribution in [3.05, 3.63) is 23.8 Å². The van der Waals surface area contributed by atoms with E-state index in [2.05, 4.69) is 5.32 Å². The molecule has 0 atom stereocenters. The summed E-state index contributed by atoms with van der Waals surface area (Å²) in [7, 11) is -0.470. The van der Waals surface area contributed by atoms with Gasteiger partial charge in [0.15, 0.2) is 0 Å². The molecule has 5 heteroatoms. The summed E-state index contributed by atoms with van der Waals surface area (Å²) in [4.78, 5) is 12.4. The van der Waals surface area contributed by atoms with Gasteiger partial charge >= 0.3 is 7.12 Å². The second-order valence-corrected chi connectivity index (χ2v) is 8.19. The Hall–Kier alpha value is -1.33. The van der Waals surface area contributed by atoms with Crippen LogP contribution in [0.3, 0.4) is 0 Å². The smallest absolute Gasteiger partial charge is 0.399 e. The third-order valence-corrected chi connectivity index (χ3v) is 5.51. The molecule has 2 fully saturated rings. The molecule has 3 rings (SSSR count). The molecule has 1 aromatic rings. The molecule has 1 aliphatic carbocycles. The molecule has 0 unspecified atom stereocenters. The summed E-state index contributed by atoms with van der Waals surface area (Å²) in [5.74, 6) is 0.0825. The van der Waals surface area contributed by atoms with E-state index in [1.54, 1.807) is 0 Å². The fourth-order valence-electron chi connectivity index (χ4n) is 2.65. The maximum absolute atomic E-state index is 12.4. The van der Waals surface area contributed by atoms with Crippen LogP contribution in [0.2, 0.25) is 0 Å². The summed E-state index contributed by atoms with van der Waals surface area (Å²) in [6.07, 6.45) is 1.91. The van der Waals surface area contributed by atoms with Crippen LogP contribution in [0.5, 0.6) is 0 Å². The van der Waals surface area contributed by atoms with Crippen molar-refractivity contribution in [3.63, 3.8) is 0 Å². The molecule has 1 saturated carbocycles. The highest BCUT2D eigenvalue weighted by molar-refractivity contribution is 6.64. The van der Waals surface area contributed by atoms with E-state index < -0.39 is 18.3 Å². The third kappa shape index (κ3) is 2.92. The molecule has 2 aliphatic rings. The molecule has 0 radical (unpaired) electrons. The van der Waals surface area contributed by atoms with Gasteiger partial charge in [-0.15, -0.1) is 0 Å². The SMILES string of the molecule is Cc1ccc(NC(=O)C2(C)CC2)c(B2OC(C)(C)C(C)(C)O2)c1. The van der Waals surface area contributed by atoms with Crippen LogP contribution < -0.4 is 10.8 Å². The first-order valence-electron chi connectivity index (χ1n) is 8.32. The van der Waals surface area contributed by atoms with Gasteiger partial charge in [0.1, 0.15) is 0 Å². The molecule has 1 amide bonds. The van der Waals surface area contributed by atoms with Crippen molar-refractivity contribution >= 4 is 24.2 Å². The Morgan fingerprint density at radius 1 is 1.09 bits per heavy atom. The summed E-state index contributed by atoms with van der Waals surface area (Å²) < 4.78 is 12.3. The van der Waals surface area contributed by atoms with Crippen molar-refractivity contribution in [1.29, 1.82) is 0 Å². The Bertz CT molecular complexity index is 634. The molecule has 1 saturated heterocycles. The van der Waals surface area contributed by atoms with Crippen molar-refractivity contribution in [2.24, 2.45) is 5.41 Å². The number of rotatable bonds is 3. The van der Waals surface area contributed by atoms with E-state index >= 15 is 0 Å². The first-order chi connectivity index (χ1) is 10.5. The van der Waals surface area contributed by atoms with E-state index in [-0.39, 0.29) is 11.3 Å². The molecule has 1 aliphatic heterocycles. The Labute approximate surface area is 139 Å². The van der Waals surface area contributed by atoms with E-state index in [9.17, 15) is 4.79 Å². The average Bonchev–Trinajstić information content (AvgIpc) is 3.13. The van der Waals surface area contributed by atoms with Crippen LogP contribution in [0, 0.1) is 12.3 Å². The van der Waals surface area contributed by atoms with Crippen LogP contribution in [-0.2, 0) is 14.1 Å². The number of carbonyl (C=O) groups is 1. The summed E-state index contributed by atoms with van der Waals surface area (Å²) in [6.45, 7) is 12.2. The number of aryl methyl sites for hydroxylation is 1. The quantitative estimate of drug-likeness (QED) is 0.872. The minimum absolute atomic E-state index is 0.0825. The van der Waals surface area contributed by atoms with Gasteiger partial charge < -0.3 is 14.6 Å². The van der Waals surface area contributed by atoms with Gasteiger partial charge in [-0.25, -0.2) is 0 Å². The van der Waals surface area contributed by atoms with Crippen molar-refractivity contribution < 1.29 is 14.1 Å². The molecular formula is C18H26BNO3. The minimum Gasteiger partial charge on any atom is -0.399 e. The summed E-state index contributed by atoms with van der Waals surface area (Å²) in [5.41, 5.74) is 1.79. The molecule has 1 aromatic carbocycles. The zero-order valence-electron chi connectivity index (χ0n) is 14.9. The van der Waals surface area contributed by atoms with Crippen molar-refractivity contribution in [3.8, 4) is 0 Å². The van der Waals surface area contributed by atoms with E-state index in [1.165, 1.54) is 0 Å². The number of hydrogen-bond donors (Lipinski definition) is 1. The fraction of sp³-hybridized carbons (Fsp3) is 0.611. The average molecular weight is 315 g/mol. The number of nitrogens with one attached hydrogen (secondary N) is 1. The largest absolute Gasteiger partial charge is 0.496 e. The van der Waals surface area contributed by atoms with Gasteiger partial charge in [-0.3, -0.25) is 4.79 Å². The number of carbonyl (C=O) groups excluding carboxylic acids is 1. The van der Waals surface area contributed by atoms with Gasteiger partial charge in [-0.2, -0.15) is 0 Å². The van der Waals surface area contributed by atoms with Gasteiger partial charge in [0.25, 0.3) is 0 Å². The van der Waals surface area contributed by atoms with Crippen LogP contribution in [0.15, 0.2) is 18.2 Å². The molecule has 124 valence electrons. The second-order valence-electron chi connectivity index (χ2n) is 8.19.